The summed E-state index contributed by atoms with van der Waals surface area (Å²) in [6, 6.07) is 10.8. The molecule has 0 aliphatic heterocycles. The zero-order valence-electron chi connectivity index (χ0n) is 14.5. The molecule has 3 rings (SSSR count). The van der Waals surface area contributed by atoms with Crippen molar-refractivity contribution < 1.29 is 18.0 Å². The summed E-state index contributed by atoms with van der Waals surface area (Å²) >= 11 is 6.71. The largest absolute Gasteiger partial charge is 0.417 e. The fraction of sp³-hybridized carbons (Fsp3) is 0.167. The Hall–Kier alpha value is -2.52. The van der Waals surface area contributed by atoms with E-state index in [4.69, 9.17) is 11.6 Å². The van der Waals surface area contributed by atoms with E-state index in [0.717, 1.165) is 35.1 Å². The lowest BCUT2D eigenvalue weighted by Gasteiger charge is -2.12. The molecule has 1 N–H and O–H groups in total. The lowest BCUT2D eigenvalue weighted by Crippen LogP contribution is -2.15. The van der Waals surface area contributed by atoms with Crippen molar-refractivity contribution in [3.8, 4) is 5.69 Å². The van der Waals surface area contributed by atoms with Crippen LogP contribution >= 0.6 is 23.4 Å². The molecule has 0 saturated carbocycles. The summed E-state index contributed by atoms with van der Waals surface area (Å²) in [5, 5.41) is 10.4. The van der Waals surface area contributed by atoms with Gasteiger partial charge in [0.1, 0.15) is 6.33 Å². The molecule has 28 heavy (non-hydrogen) atoms. The topological polar surface area (TPSA) is 59.8 Å². The molecule has 3 aromatic rings. The van der Waals surface area contributed by atoms with Crippen LogP contribution in [0.5, 0.6) is 0 Å². The van der Waals surface area contributed by atoms with Crippen molar-refractivity contribution in [2.45, 2.75) is 18.3 Å². The molecule has 1 heterocycles. The number of thioether (sulfide) groups is 1. The number of para-hydroxylation sites is 1. The summed E-state index contributed by atoms with van der Waals surface area (Å²) in [7, 11) is 0. The van der Waals surface area contributed by atoms with Gasteiger partial charge in [-0.05, 0) is 36.8 Å². The Morgan fingerprint density at radius 1 is 1.25 bits per heavy atom. The van der Waals surface area contributed by atoms with E-state index in [9.17, 15) is 18.0 Å². The van der Waals surface area contributed by atoms with Gasteiger partial charge in [0.25, 0.3) is 0 Å². The smallest absolute Gasteiger partial charge is 0.325 e. The number of nitrogens with zero attached hydrogens (tertiary/aromatic N) is 3. The molecule has 146 valence electrons. The van der Waals surface area contributed by atoms with Gasteiger partial charge in [0.15, 0.2) is 5.16 Å². The molecule has 0 radical (unpaired) electrons. The summed E-state index contributed by atoms with van der Waals surface area (Å²) in [5.74, 6) is -0.519. The number of alkyl halides is 3. The maximum atomic E-state index is 12.9. The molecule has 1 aromatic heterocycles. The van der Waals surface area contributed by atoms with E-state index >= 15 is 0 Å². The number of carbonyl (C=O) groups excluding carboxylic acids is 1. The molecule has 0 bridgehead atoms. The number of rotatable bonds is 5. The van der Waals surface area contributed by atoms with Crippen LogP contribution in [0.2, 0.25) is 5.02 Å². The predicted molar refractivity (Wildman–Crippen MR) is 102 cm³/mol. The lowest BCUT2D eigenvalue weighted by molar-refractivity contribution is -0.137. The van der Waals surface area contributed by atoms with Crippen LogP contribution < -0.4 is 5.32 Å². The van der Waals surface area contributed by atoms with Crippen LogP contribution in [-0.2, 0) is 11.0 Å². The number of anilines is 1. The molecule has 0 saturated heterocycles. The zero-order chi connectivity index (χ0) is 20.3. The van der Waals surface area contributed by atoms with E-state index < -0.39 is 22.7 Å². The Morgan fingerprint density at radius 2 is 2.00 bits per heavy atom. The van der Waals surface area contributed by atoms with Crippen molar-refractivity contribution in [3.05, 3.63) is 64.9 Å². The van der Waals surface area contributed by atoms with E-state index in [-0.39, 0.29) is 11.4 Å². The number of halogens is 4. The van der Waals surface area contributed by atoms with Gasteiger partial charge >= 0.3 is 6.18 Å². The average molecular weight is 427 g/mol. The van der Waals surface area contributed by atoms with E-state index in [1.807, 2.05) is 31.2 Å². The fourth-order valence-electron chi connectivity index (χ4n) is 2.47. The SMILES string of the molecule is Cc1ccccc1-n1cnnc1SCC(=O)Nc1ccc(Cl)c(C(F)(F)F)c1. The molecule has 0 unspecified atom stereocenters. The van der Waals surface area contributed by atoms with Crippen LogP contribution in [-0.4, -0.2) is 26.4 Å². The number of hydrogen-bond acceptors (Lipinski definition) is 4. The first kappa shape index (κ1) is 20.2. The summed E-state index contributed by atoms with van der Waals surface area (Å²) in [4.78, 5) is 12.2. The third-order valence-corrected chi connectivity index (χ3v) is 5.05. The molecular weight excluding hydrogens is 413 g/mol. The standard InChI is InChI=1S/C18H14ClF3N4OS/c1-11-4-2-3-5-15(11)26-10-23-25-17(26)28-9-16(27)24-12-6-7-14(19)13(8-12)18(20,21)22/h2-8,10H,9H2,1H3,(H,24,27). The molecule has 2 aromatic carbocycles. The number of benzene rings is 2. The Morgan fingerprint density at radius 3 is 2.71 bits per heavy atom. The monoisotopic (exact) mass is 426 g/mol. The summed E-state index contributed by atoms with van der Waals surface area (Å²) in [6.07, 6.45) is -3.06. The Kier molecular flexibility index (Phi) is 5.95. The van der Waals surface area contributed by atoms with Gasteiger partial charge in [-0.1, -0.05) is 41.6 Å². The highest BCUT2D eigenvalue weighted by Gasteiger charge is 2.33. The van der Waals surface area contributed by atoms with Crippen molar-refractivity contribution in [1.82, 2.24) is 14.8 Å². The maximum Gasteiger partial charge on any atom is 0.417 e. The Labute approximate surface area is 167 Å². The van der Waals surface area contributed by atoms with Gasteiger partial charge in [0.05, 0.1) is 22.0 Å². The highest BCUT2D eigenvalue weighted by Crippen LogP contribution is 2.36. The number of aryl methyl sites for hydroxylation is 1. The zero-order valence-corrected chi connectivity index (χ0v) is 16.1. The molecular formula is C18H14ClF3N4OS. The van der Waals surface area contributed by atoms with E-state index in [1.54, 1.807) is 4.57 Å². The molecule has 1 amide bonds. The molecule has 10 heteroatoms. The second-order valence-electron chi connectivity index (χ2n) is 5.80. The van der Waals surface area contributed by atoms with Gasteiger partial charge in [-0.15, -0.1) is 10.2 Å². The van der Waals surface area contributed by atoms with E-state index in [0.29, 0.717) is 5.16 Å². The molecule has 0 aliphatic rings. The number of aromatic nitrogens is 3. The fourth-order valence-corrected chi connectivity index (χ4v) is 3.42. The van der Waals surface area contributed by atoms with Crippen LogP contribution in [0.1, 0.15) is 11.1 Å². The van der Waals surface area contributed by atoms with Crippen LogP contribution in [0.4, 0.5) is 18.9 Å². The summed E-state index contributed by atoms with van der Waals surface area (Å²) < 4.78 is 40.5. The minimum Gasteiger partial charge on any atom is -0.325 e. The highest BCUT2D eigenvalue weighted by molar-refractivity contribution is 7.99. The van der Waals surface area contributed by atoms with Crippen LogP contribution in [0.15, 0.2) is 53.9 Å². The highest BCUT2D eigenvalue weighted by atomic mass is 35.5. The summed E-state index contributed by atoms with van der Waals surface area (Å²) in [6.45, 7) is 1.94. The quantitative estimate of drug-likeness (QED) is 0.584. The minimum atomic E-state index is -4.60. The molecule has 0 atom stereocenters. The number of hydrogen-bond donors (Lipinski definition) is 1. The molecule has 0 fully saturated rings. The third kappa shape index (κ3) is 4.66. The Balaban J connectivity index is 1.68. The van der Waals surface area contributed by atoms with Crippen LogP contribution in [0, 0.1) is 6.92 Å². The second-order valence-corrected chi connectivity index (χ2v) is 7.15. The number of nitrogens with one attached hydrogen (secondary N) is 1. The molecule has 0 spiro atoms. The van der Waals surface area contributed by atoms with Crippen molar-refractivity contribution in [2.75, 3.05) is 11.1 Å². The normalized spacial score (nSPS) is 11.5. The van der Waals surface area contributed by atoms with Crippen LogP contribution in [0.3, 0.4) is 0 Å². The molecule has 0 aliphatic carbocycles. The van der Waals surface area contributed by atoms with Gasteiger partial charge in [-0.25, -0.2) is 0 Å². The summed E-state index contributed by atoms with van der Waals surface area (Å²) in [5.41, 5.74) is 0.902. The average Bonchev–Trinajstić information content (AvgIpc) is 3.09. The van der Waals surface area contributed by atoms with Gasteiger partial charge in [-0.3, -0.25) is 9.36 Å². The van der Waals surface area contributed by atoms with Crippen molar-refractivity contribution >= 4 is 35.0 Å². The van der Waals surface area contributed by atoms with Gasteiger partial charge in [0, 0.05) is 5.69 Å². The van der Waals surface area contributed by atoms with Gasteiger partial charge in [0.2, 0.25) is 5.91 Å². The number of carbonyl (C=O) groups is 1. The first-order valence-corrected chi connectivity index (χ1v) is 9.37. The second kappa shape index (κ2) is 8.24. The third-order valence-electron chi connectivity index (χ3n) is 3.78. The maximum absolute atomic E-state index is 12.9. The predicted octanol–water partition coefficient (Wildman–Crippen LogP) is 4.98. The van der Waals surface area contributed by atoms with E-state index in [1.165, 1.54) is 12.4 Å². The first-order chi connectivity index (χ1) is 13.3. The Bertz CT molecular complexity index is 1010. The van der Waals surface area contributed by atoms with Gasteiger partial charge < -0.3 is 5.32 Å². The lowest BCUT2D eigenvalue weighted by atomic mass is 10.2. The van der Waals surface area contributed by atoms with E-state index in [2.05, 4.69) is 15.5 Å². The van der Waals surface area contributed by atoms with Gasteiger partial charge in [-0.2, -0.15) is 13.2 Å². The minimum absolute atomic E-state index is 0.0164. The van der Waals surface area contributed by atoms with Crippen molar-refractivity contribution in [2.24, 2.45) is 0 Å². The number of amides is 1. The first-order valence-electron chi connectivity index (χ1n) is 8.01. The van der Waals surface area contributed by atoms with Crippen LogP contribution in [0.25, 0.3) is 5.69 Å². The van der Waals surface area contributed by atoms with Crippen molar-refractivity contribution in [1.29, 1.82) is 0 Å². The molecule has 5 nitrogen and oxygen atoms in total. The van der Waals surface area contributed by atoms with Crippen molar-refractivity contribution in [3.63, 3.8) is 0 Å².